The quantitative estimate of drug-likeness (QED) is 0.774. The van der Waals surface area contributed by atoms with Crippen molar-refractivity contribution in [3.63, 3.8) is 0 Å². The second-order valence-corrected chi connectivity index (χ2v) is 4.42. The van der Waals surface area contributed by atoms with Crippen molar-refractivity contribution in [3.05, 3.63) is 11.9 Å². The Morgan fingerprint density at radius 2 is 2.11 bits per heavy atom. The van der Waals surface area contributed by atoms with E-state index in [4.69, 9.17) is 15.2 Å². The van der Waals surface area contributed by atoms with Crippen LogP contribution in [0.3, 0.4) is 0 Å². The first-order valence-electron chi connectivity index (χ1n) is 6.12. The minimum atomic E-state index is 0.376. The highest BCUT2D eigenvalue weighted by atomic mass is 16.5. The Kier molecular flexibility index (Phi) is 4.33. The van der Waals surface area contributed by atoms with Crippen LogP contribution in [0, 0.1) is 0 Å². The van der Waals surface area contributed by atoms with Gasteiger partial charge in [0.1, 0.15) is 18.2 Å². The van der Waals surface area contributed by atoms with Crippen LogP contribution in [0.4, 0.5) is 11.6 Å². The zero-order valence-corrected chi connectivity index (χ0v) is 10.9. The minimum Gasteiger partial charge on any atom is -0.384 e. The molecule has 0 saturated heterocycles. The first kappa shape index (κ1) is 13.0. The van der Waals surface area contributed by atoms with E-state index in [2.05, 4.69) is 14.9 Å². The lowest BCUT2D eigenvalue weighted by Gasteiger charge is -2.23. The van der Waals surface area contributed by atoms with Gasteiger partial charge in [0.25, 0.3) is 0 Å². The molecule has 1 aromatic rings. The lowest BCUT2D eigenvalue weighted by Crippen LogP contribution is -2.30. The number of methoxy groups -OCH3 is 2. The molecule has 18 heavy (non-hydrogen) atoms. The Balaban J connectivity index is 2.17. The van der Waals surface area contributed by atoms with Gasteiger partial charge in [0, 0.05) is 32.9 Å². The van der Waals surface area contributed by atoms with Crippen molar-refractivity contribution >= 4 is 11.6 Å². The third-order valence-electron chi connectivity index (χ3n) is 2.87. The molecule has 6 heteroatoms. The molecule has 1 aromatic heterocycles. The predicted octanol–water partition coefficient (Wildman–Crippen LogP) is 0.820. The van der Waals surface area contributed by atoms with Gasteiger partial charge in [-0.1, -0.05) is 0 Å². The van der Waals surface area contributed by atoms with Gasteiger partial charge in [-0.05, 0) is 12.8 Å². The molecule has 0 radical (unpaired) electrons. The van der Waals surface area contributed by atoms with Crippen LogP contribution in [0.2, 0.25) is 0 Å². The van der Waals surface area contributed by atoms with E-state index >= 15 is 0 Å². The molecule has 0 aromatic carbocycles. The second-order valence-electron chi connectivity index (χ2n) is 4.42. The molecule has 2 rings (SSSR count). The van der Waals surface area contributed by atoms with Crippen LogP contribution >= 0.6 is 0 Å². The Morgan fingerprint density at radius 3 is 2.72 bits per heavy atom. The largest absolute Gasteiger partial charge is 0.384 e. The number of nitrogens with zero attached hydrogens (tertiary/aromatic N) is 3. The smallest absolute Gasteiger partial charge is 0.158 e. The van der Waals surface area contributed by atoms with E-state index in [0.29, 0.717) is 30.9 Å². The summed E-state index contributed by atoms with van der Waals surface area (Å²) in [7, 11) is 3.32. The zero-order valence-electron chi connectivity index (χ0n) is 10.9. The first-order chi connectivity index (χ1) is 8.74. The van der Waals surface area contributed by atoms with E-state index in [9.17, 15) is 0 Å². The van der Waals surface area contributed by atoms with Crippen molar-refractivity contribution in [2.45, 2.75) is 25.5 Å². The molecule has 1 fully saturated rings. The van der Waals surface area contributed by atoms with Gasteiger partial charge in [0.05, 0.1) is 6.61 Å². The lowest BCUT2D eigenvalue weighted by molar-refractivity contribution is 0.178. The molecule has 100 valence electrons. The van der Waals surface area contributed by atoms with Gasteiger partial charge in [-0.3, -0.25) is 0 Å². The summed E-state index contributed by atoms with van der Waals surface area (Å²) in [5.74, 6) is 1.97. The average molecular weight is 252 g/mol. The van der Waals surface area contributed by atoms with E-state index in [1.807, 2.05) is 6.07 Å². The fraction of sp³-hybridized carbons (Fsp3) is 0.667. The van der Waals surface area contributed by atoms with Crippen LogP contribution in [-0.4, -0.2) is 43.4 Å². The molecule has 0 atom stereocenters. The molecule has 6 nitrogen and oxygen atoms in total. The molecule has 0 bridgehead atoms. The maximum absolute atomic E-state index is 5.81. The molecule has 0 amide bonds. The van der Waals surface area contributed by atoms with Gasteiger partial charge in [0.15, 0.2) is 5.82 Å². The number of rotatable bonds is 7. The van der Waals surface area contributed by atoms with Crippen molar-refractivity contribution in [2.24, 2.45) is 0 Å². The predicted molar refractivity (Wildman–Crippen MR) is 69.4 cm³/mol. The maximum Gasteiger partial charge on any atom is 0.158 e. The third-order valence-corrected chi connectivity index (χ3v) is 2.87. The fourth-order valence-electron chi connectivity index (χ4n) is 1.90. The highest BCUT2D eigenvalue weighted by Gasteiger charge is 2.30. The third kappa shape index (κ3) is 3.30. The molecule has 1 aliphatic carbocycles. The number of aromatic nitrogens is 2. The molecular weight excluding hydrogens is 232 g/mol. The second kappa shape index (κ2) is 5.97. The number of ether oxygens (including phenoxy) is 2. The summed E-state index contributed by atoms with van der Waals surface area (Å²) in [5, 5.41) is 0. The number of hydrogen-bond donors (Lipinski definition) is 1. The average Bonchev–Trinajstić information content (AvgIpc) is 3.14. The van der Waals surface area contributed by atoms with E-state index in [1.54, 1.807) is 14.2 Å². The molecular formula is C12H20N4O2. The van der Waals surface area contributed by atoms with Crippen LogP contribution in [0.25, 0.3) is 0 Å². The molecule has 0 spiro atoms. The number of hydrogen-bond acceptors (Lipinski definition) is 6. The monoisotopic (exact) mass is 252 g/mol. The van der Waals surface area contributed by atoms with Gasteiger partial charge in [-0.25, -0.2) is 9.97 Å². The van der Waals surface area contributed by atoms with Gasteiger partial charge >= 0.3 is 0 Å². The van der Waals surface area contributed by atoms with Crippen molar-refractivity contribution < 1.29 is 9.47 Å². The molecule has 2 N–H and O–H groups in total. The van der Waals surface area contributed by atoms with Crippen molar-refractivity contribution in [3.8, 4) is 0 Å². The highest BCUT2D eigenvalue weighted by molar-refractivity contribution is 5.48. The van der Waals surface area contributed by atoms with Crippen LogP contribution in [0.15, 0.2) is 6.07 Å². The topological polar surface area (TPSA) is 73.5 Å². The summed E-state index contributed by atoms with van der Waals surface area (Å²) in [6, 6.07) is 2.37. The van der Waals surface area contributed by atoms with Crippen molar-refractivity contribution in [2.75, 3.05) is 38.0 Å². The van der Waals surface area contributed by atoms with Gasteiger partial charge in [-0.15, -0.1) is 0 Å². The van der Waals surface area contributed by atoms with Gasteiger partial charge in [-0.2, -0.15) is 0 Å². The summed E-state index contributed by atoms with van der Waals surface area (Å²) in [6.45, 7) is 1.88. The lowest BCUT2D eigenvalue weighted by atomic mass is 10.4. The molecule has 1 heterocycles. The summed E-state index contributed by atoms with van der Waals surface area (Å²) in [5.41, 5.74) is 5.81. The number of nitrogens with two attached hydrogens (primary N) is 1. The van der Waals surface area contributed by atoms with E-state index in [1.165, 1.54) is 12.8 Å². The normalized spacial score (nSPS) is 14.8. The molecule has 0 unspecified atom stereocenters. The molecule has 0 aliphatic heterocycles. The van der Waals surface area contributed by atoms with Crippen LogP contribution in [0.1, 0.15) is 18.7 Å². The summed E-state index contributed by atoms with van der Waals surface area (Å²) >= 11 is 0. The van der Waals surface area contributed by atoms with Crippen LogP contribution in [0.5, 0.6) is 0 Å². The summed E-state index contributed by atoms with van der Waals surface area (Å²) < 4.78 is 10.2. The number of anilines is 2. The first-order valence-corrected chi connectivity index (χ1v) is 6.12. The summed E-state index contributed by atoms with van der Waals surface area (Å²) in [6.07, 6.45) is 2.40. The van der Waals surface area contributed by atoms with Gasteiger partial charge < -0.3 is 20.1 Å². The van der Waals surface area contributed by atoms with Crippen molar-refractivity contribution in [1.82, 2.24) is 9.97 Å². The van der Waals surface area contributed by atoms with Crippen LogP contribution < -0.4 is 10.6 Å². The molecule has 1 aliphatic rings. The minimum absolute atomic E-state index is 0.376. The Morgan fingerprint density at radius 1 is 1.33 bits per heavy atom. The van der Waals surface area contributed by atoms with Crippen molar-refractivity contribution in [1.29, 1.82) is 0 Å². The zero-order chi connectivity index (χ0) is 13.0. The molecule has 1 saturated carbocycles. The SMILES string of the molecule is COCCN(c1cc(N)nc(COC)n1)C1CC1. The summed E-state index contributed by atoms with van der Waals surface area (Å²) in [4.78, 5) is 10.9. The standard InChI is InChI=1S/C12H20N4O2/c1-17-6-5-16(9-3-4-9)12-7-10(13)14-11(15-12)8-18-2/h7,9H,3-6,8H2,1-2H3,(H2,13,14,15). The highest BCUT2D eigenvalue weighted by Crippen LogP contribution is 2.30. The Bertz CT molecular complexity index is 396. The van der Waals surface area contributed by atoms with Crippen LogP contribution in [-0.2, 0) is 16.1 Å². The maximum atomic E-state index is 5.81. The van der Waals surface area contributed by atoms with Gasteiger partial charge in [0.2, 0.25) is 0 Å². The van der Waals surface area contributed by atoms with E-state index in [0.717, 1.165) is 12.4 Å². The fourth-order valence-corrected chi connectivity index (χ4v) is 1.90. The Labute approximate surface area is 107 Å². The van der Waals surface area contributed by atoms with E-state index in [-0.39, 0.29) is 0 Å². The Hall–Kier alpha value is -1.40. The van der Waals surface area contributed by atoms with E-state index < -0.39 is 0 Å². The number of nitrogen functional groups attached to an aromatic ring is 1.